The maximum atomic E-state index is 13.6. The van der Waals surface area contributed by atoms with Gasteiger partial charge >= 0.3 is 0 Å². The molecule has 164 valence electrons. The molecule has 2 aliphatic rings. The predicted octanol–water partition coefficient (Wildman–Crippen LogP) is 5.61. The van der Waals surface area contributed by atoms with Crippen molar-refractivity contribution in [2.45, 2.75) is 31.6 Å². The molecule has 2 aromatic carbocycles. The topological polar surface area (TPSA) is 73.6 Å². The van der Waals surface area contributed by atoms with E-state index in [9.17, 15) is 4.79 Å². The molecule has 0 spiro atoms. The van der Waals surface area contributed by atoms with E-state index in [1.54, 1.807) is 14.2 Å². The van der Waals surface area contributed by atoms with Crippen LogP contribution in [0.1, 0.15) is 47.1 Å². The summed E-state index contributed by atoms with van der Waals surface area (Å²) in [7, 11) is 3.27. The van der Waals surface area contributed by atoms with E-state index >= 15 is 0 Å². The molecule has 0 amide bonds. The first-order chi connectivity index (χ1) is 15.5. The highest BCUT2D eigenvalue weighted by atomic mass is 35.5. The molecule has 1 aliphatic heterocycles. The Bertz CT molecular complexity index is 1250. The van der Waals surface area contributed by atoms with Crippen LogP contribution >= 0.6 is 11.6 Å². The fraction of sp³-hybridized carbons (Fsp3) is 0.280. The average molecular weight is 451 g/mol. The third-order valence-corrected chi connectivity index (χ3v) is 6.55. The smallest absolute Gasteiger partial charge is 0.233 e. The molecule has 0 fully saturated rings. The van der Waals surface area contributed by atoms with E-state index in [0.29, 0.717) is 23.7 Å². The van der Waals surface area contributed by atoms with Crippen molar-refractivity contribution in [1.29, 1.82) is 0 Å². The monoisotopic (exact) mass is 450 g/mol. The van der Waals surface area contributed by atoms with Gasteiger partial charge in [0.2, 0.25) is 5.88 Å². The molecule has 7 heteroatoms. The number of ether oxygens (including phenoxy) is 2. The third-order valence-electron chi connectivity index (χ3n) is 6.32. The fourth-order valence-electron chi connectivity index (χ4n) is 4.87. The largest absolute Gasteiger partial charge is 0.497 e. The number of hydrogen-bond acceptors (Lipinski definition) is 6. The van der Waals surface area contributed by atoms with Crippen LogP contribution in [-0.2, 0) is 4.79 Å². The number of Topliss-reactive ketones (excluding diaryl/α,β-unsaturated/α-hetero) is 1. The number of aromatic nitrogens is 1. The van der Waals surface area contributed by atoms with Crippen LogP contribution in [0, 0.1) is 6.92 Å². The Morgan fingerprint density at radius 2 is 1.97 bits per heavy atom. The molecular weight excluding hydrogens is 428 g/mol. The third kappa shape index (κ3) is 3.35. The lowest BCUT2D eigenvalue weighted by atomic mass is 9.72. The summed E-state index contributed by atoms with van der Waals surface area (Å²) in [6.07, 6.45) is 1.02. The number of carbonyl (C=O) groups is 1. The van der Waals surface area contributed by atoms with E-state index in [1.807, 2.05) is 49.4 Å². The van der Waals surface area contributed by atoms with Crippen molar-refractivity contribution >= 4 is 23.3 Å². The molecule has 1 aliphatic carbocycles. The summed E-state index contributed by atoms with van der Waals surface area (Å²) >= 11 is 6.30. The van der Waals surface area contributed by atoms with E-state index in [4.69, 9.17) is 25.6 Å². The van der Waals surface area contributed by atoms with Gasteiger partial charge in [-0.1, -0.05) is 28.9 Å². The lowest BCUT2D eigenvalue weighted by molar-refractivity contribution is -0.116. The molecule has 5 rings (SSSR count). The van der Waals surface area contributed by atoms with Crippen LogP contribution in [0.3, 0.4) is 0 Å². The molecule has 32 heavy (non-hydrogen) atoms. The highest BCUT2D eigenvalue weighted by Crippen LogP contribution is 2.50. The van der Waals surface area contributed by atoms with Gasteiger partial charge in [-0.05, 0) is 49.2 Å². The second kappa shape index (κ2) is 8.02. The van der Waals surface area contributed by atoms with Crippen molar-refractivity contribution < 1.29 is 18.8 Å². The van der Waals surface area contributed by atoms with Crippen molar-refractivity contribution in [2.75, 3.05) is 19.5 Å². The zero-order chi connectivity index (χ0) is 22.4. The lowest BCUT2D eigenvalue weighted by Crippen LogP contribution is -2.29. The van der Waals surface area contributed by atoms with Gasteiger partial charge in [0.1, 0.15) is 11.5 Å². The number of ketones is 1. The number of anilines is 1. The molecule has 2 atom stereocenters. The Labute approximate surface area is 191 Å². The summed E-state index contributed by atoms with van der Waals surface area (Å²) in [5, 5.41) is 8.14. The van der Waals surface area contributed by atoms with Gasteiger partial charge in [-0.2, -0.15) is 0 Å². The van der Waals surface area contributed by atoms with E-state index in [-0.39, 0.29) is 17.6 Å². The molecule has 0 bridgehead atoms. The summed E-state index contributed by atoms with van der Waals surface area (Å²) in [5.74, 6) is 1.82. The first-order valence-electron chi connectivity index (χ1n) is 10.5. The van der Waals surface area contributed by atoms with Crippen LogP contribution in [0.15, 0.2) is 58.3 Å². The summed E-state index contributed by atoms with van der Waals surface area (Å²) < 4.78 is 16.6. The van der Waals surface area contributed by atoms with E-state index < -0.39 is 0 Å². The van der Waals surface area contributed by atoms with Gasteiger partial charge in [0, 0.05) is 40.1 Å². The number of fused-ring (bicyclic) bond motifs is 1. The number of methoxy groups -OCH3 is 2. The van der Waals surface area contributed by atoms with Crippen LogP contribution in [0.4, 0.5) is 5.88 Å². The van der Waals surface area contributed by atoms with Crippen molar-refractivity contribution in [3.63, 3.8) is 0 Å². The molecule has 0 saturated heterocycles. The first kappa shape index (κ1) is 20.6. The Balaban J connectivity index is 1.62. The number of carbonyl (C=O) groups excluding carboxylic acids is 1. The molecule has 0 saturated carbocycles. The minimum Gasteiger partial charge on any atom is -0.497 e. The zero-order valence-electron chi connectivity index (χ0n) is 18.1. The minimum atomic E-state index is -0.271. The van der Waals surface area contributed by atoms with Crippen LogP contribution < -0.4 is 14.8 Å². The maximum absolute atomic E-state index is 13.6. The first-order valence-corrected chi connectivity index (χ1v) is 10.8. The molecule has 1 N–H and O–H groups in total. The Morgan fingerprint density at radius 3 is 2.72 bits per heavy atom. The van der Waals surface area contributed by atoms with Crippen LogP contribution in [0.2, 0.25) is 5.02 Å². The van der Waals surface area contributed by atoms with Crippen molar-refractivity contribution in [3.05, 3.63) is 81.1 Å². The van der Waals surface area contributed by atoms with Gasteiger partial charge in [-0.15, -0.1) is 0 Å². The number of aryl methyl sites for hydroxylation is 1. The van der Waals surface area contributed by atoms with Gasteiger partial charge in [0.15, 0.2) is 5.78 Å². The van der Waals surface area contributed by atoms with Crippen LogP contribution in [-0.4, -0.2) is 25.2 Å². The van der Waals surface area contributed by atoms with Gasteiger partial charge in [0.05, 0.1) is 25.5 Å². The van der Waals surface area contributed by atoms with Crippen LogP contribution in [0.25, 0.3) is 0 Å². The van der Waals surface area contributed by atoms with Crippen molar-refractivity contribution in [1.82, 2.24) is 5.16 Å². The number of nitrogens with one attached hydrogen (secondary N) is 1. The van der Waals surface area contributed by atoms with E-state index in [0.717, 1.165) is 45.2 Å². The van der Waals surface area contributed by atoms with Crippen LogP contribution in [0.5, 0.6) is 11.5 Å². The molecule has 0 unspecified atom stereocenters. The van der Waals surface area contributed by atoms with Gasteiger partial charge in [0.25, 0.3) is 0 Å². The summed E-state index contributed by atoms with van der Waals surface area (Å²) in [6, 6.07) is 13.3. The van der Waals surface area contributed by atoms with Gasteiger partial charge < -0.3 is 19.3 Å². The second-order valence-corrected chi connectivity index (χ2v) is 8.59. The predicted molar refractivity (Wildman–Crippen MR) is 122 cm³/mol. The Morgan fingerprint density at radius 1 is 1.12 bits per heavy atom. The van der Waals surface area contributed by atoms with Gasteiger partial charge in [-0.25, -0.2) is 0 Å². The minimum absolute atomic E-state index is 0.0515. The fourth-order valence-corrected chi connectivity index (χ4v) is 5.07. The molecule has 1 aromatic heterocycles. The van der Waals surface area contributed by atoms with Crippen molar-refractivity contribution in [3.8, 4) is 11.5 Å². The maximum Gasteiger partial charge on any atom is 0.233 e. The highest BCUT2D eigenvalue weighted by Gasteiger charge is 2.41. The normalized spacial score (nSPS) is 19.8. The molecule has 6 nitrogen and oxygen atoms in total. The number of halogens is 1. The molecule has 3 aromatic rings. The summed E-state index contributed by atoms with van der Waals surface area (Å²) in [4.78, 5) is 13.6. The number of hydrogen-bond donors (Lipinski definition) is 1. The lowest BCUT2D eigenvalue weighted by Gasteiger charge is -2.35. The molecule has 2 heterocycles. The van der Waals surface area contributed by atoms with Gasteiger partial charge in [-0.3, -0.25) is 4.79 Å². The number of allylic oxidation sites excluding steroid dienone is 2. The quantitative estimate of drug-likeness (QED) is 0.556. The average Bonchev–Trinajstić information content (AvgIpc) is 3.17. The number of benzene rings is 2. The Kier molecular flexibility index (Phi) is 5.18. The van der Waals surface area contributed by atoms with E-state index in [1.165, 1.54) is 0 Å². The summed E-state index contributed by atoms with van der Waals surface area (Å²) in [6.45, 7) is 1.89. The van der Waals surface area contributed by atoms with Crippen molar-refractivity contribution in [2.24, 2.45) is 0 Å². The SMILES string of the molecule is COc1ccc(OC)c([C@H]2CC(=O)C3=C(C2)Nc2onc(C)c2[C@@H]3c2cccc(Cl)c2)c1. The number of rotatable bonds is 4. The second-order valence-electron chi connectivity index (χ2n) is 8.15. The summed E-state index contributed by atoms with van der Waals surface area (Å²) in [5.41, 5.74) is 5.15. The van der Waals surface area contributed by atoms with E-state index in [2.05, 4.69) is 10.5 Å². The zero-order valence-corrected chi connectivity index (χ0v) is 18.8. The molecular formula is C25H23ClN2O4. The number of nitrogens with zero attached hydrogens (tertiary/aromatic N) is 1. The Hall–Kier alpha value is -3.25. The standard InChI is InChI=1S/C25H23ClN2O4/c1-13-22-23(14-5-4-6-16(26)9-14)24-19(27-25(22)32-28-13)10-15(11-20(24)29)18-12-17(30-2)7-8-21(18)31-3/h4-9,12,15,23,27H,10-11H2,1-3H3/t15-,23+/m1/s1. The highest BCUT2D eigenvalue weighted by molar-refractivity contribution is 6.30. The molecule has 0 radical (unpaired) electrons.